The van der Waals surface area contributed by atoms with Crippen molar-refractivity contribution >= 4 is 11.6 Å². The Labute approximate surface area is 193 Å². The van der Waals surface area contributed by atoms with Crippen LogP contribution in [0.1, 0.15) is 39.2 Å². The number of piperidine rings is 1. The van der Waals surface area contributed by atoms with Gasteiger partial charge in [0.15, 0.2) is 17.5 Å². The fourth-order valence-corrected chi connectivity index (χ4v) is 4.06. The molecule has 1 saturated heterocycles. The van der Waals surface area contributed by atoms with Gasteiger partial charge in [0.05, 0.1) is 20.8 Å². The van der Waals surface area contributed by atoms with E-state index in [4.69, 9.17) is 14.5 Å². The number of nitrogens with one attached hydrogen (secondary N) is 2. The van der Waals surface area contributed by atoms with Gasteiger partial charge in [-0.25, -0.2) is 0 Å². The number of hydrogen-bond donors (Lipinski definition) is 2. The molecule has 1 fully saturated rings. The summed E-state index contributed by atoms with van der Waals surface area (Å²) in [6, 6.07) is 17.2. The van der Waals surface area contributed by atoms with E-state index in [9.17, 15) is 0 Å². The summed E-state index contributed by atoms with van der Waals surface area (Å²) in [5.41, 5.74) is 2.34. The molecule has 0 atom stereocenters. The van der Waals surface area contributed by atoms with Gasteiger partial charge in [-0.05, 0) is 49.6 Å². The molecule has 0 radical (unpaired) electrons. The van der Waals surface area contributed by atoms with Crippen molar-refractivity contribution in [3.05, 3.63) is 54.1 Å². The molecule has 0 aliphatic carbocycles. The molecular formula is C26H38N4O2. The Balaban J connectivity index is 1.62. The Hall–Kier alpha value is -2.89. The highest BCUT2D eigenvalue weighted by molar-refractivity contribution is 5.80. The number of para-hydroxylation sites is 1. The Morgan fingerprint density at radius 3 is 2.34 bits per heavy atom. The van der Waals surface area contributed by atoms with Crippen LogP contribution in [0.15, 0.2) is 53.5 Å². The zero-order valence-electron chi connectivity index (χ0n) is 20.1. The minimum absolute atomic E-state index is 0.140. The van der Waals surface area contributed by atoms with Crippen LogP contribution in [0.4, 0.5) is 5.69 Å². The van der Waals surface area contributed by atoms with Crippen LogP contribution in [-0.2, 0) is 5.41 Å². The number of aliphatic imine (C=N–C) groups is 1. The van der Waals surface area contributed by atoms with E-state index < -0.39 is 0 Å². The summed E-state index contributed by atoms with van der Waals surface area (Å²) in [5, 5.41) is 7.08. The largest absolute Gasteiger partial charge is 0.493 e. The lowest BCUT2D eigenvalue weighted by Crippen LogP contribution is -2.49. The number of ether oxygens (including phenoxy) is 2. The topological polar surface area (TPSA) is 58.1 Å². The van der Waals surface area contributed by atoms with Crippen molar-refractivity contribution in [3.8, 4) is 11.5 Å². The van der Waals surface area contributed by atoms with Crippen molar-refractivity contribution in [1.82, 2.24) is 10.6 Å². The average Bonchev–Trinajstić information content (AvgIpc) is 2.83. The zero-order valence-corrected chi connectivity index (χ0v) is 20.1. The molecule has 32 heavy (non-hydrogen) atoms. The van der Waals surface area contributed by atoms with E-state index in [0.717, 1.165) is 49.9 Å². The molecule has 6 heteroatoms. The molecule has 0 amide bonds. The lowest BCUT2D eigenvalue weighted by atomic mass is 9.84. The SMILES string of the molecule is CCNC(=NCC(C)(C)c1ccc(OC)c(OC)c1)NC1CCN(c2ccccc2)CC1. The van der Waals surface area contributed by atoms with Gasteiger partial charge in [0.2, 0.25) is 0 Å². The molecule has 2 N–H and O–H groups in total. The van der Waals surface area contributed by atoms with Crippen molar-refractivity contribution in [2.45, 2.75) is 45.1 Å². The maximum Gasteiger partial charge on any atom is 0.191 e. The number of anilines is 1. The fourth-order valence-electron chi connectivity index (χ4n) is 4.06. The van der Waals surface area contributed by atoms with Gasteiger partial charge in [0, 0.05) is 36.8 Å². The molecule has 1 heterocycles. The Kier molecular flexibility index (Phi) is 8.26. The second-order valence-electron chi connectivity index (χ2n) is 8.89. The van der Waals surface area contributed by atoms with E-state index in [1.165, 1.54) is 11.3 Å². The highest BCUT2D eigenvalue weighted by Gasteiger charge is 2.24. The Morgan fingerprint density at radius 1 is 1.03 bits per heavy atom. The van der Waals surface area contributed by atoms with Gasteiger partial charge < -0.3 is 25.0 Å². The number of benzene rings is 2. The molecular weight excluding hydrogens is 400 g/mol. The average molecular weight is 439 g/mol. The standard InChI is InChI=1S/C26H38N4O2/c1-6-27-25(29-21-14-16-30(17-15-21)22-10-8-7-9-11-22)28-19-26(2,3)20-12-13-23(31-4)24(18-20)32-5/h7-13,18,21H,6,14-17,19H2,1-5H3,(H2,27,28,29). The normalized spacial score (nSPS) is 15.4. The third kappa shape index (κ3) is 6.09. The molecule has 6 nitrogen and oxygen atoms in total. The predicted molar refractivity (Wildman–Crippen MR) is 133 cm³/mol. The summed E-state index contributed by atoms with van der Waals surface area (Å²) in [6.07, 6.45) is 2.19. The van der Waals surface area contributed by atoms with Gasteiger partial charge in [-0.3, -0.25) is 4.99 Å². The van der Waals surface area contributed by atoms with Crippen molar-refractivity contribution in [3.63, 3.8) is 0 Å². The minimum atomic E-state index is -0.140. The number of rotatable bonds is 8. The number of nitrogens with zero attached hydrogens (tertiary/aromatic N) is 2. The number of guanidine groups is 1. The van der Waals surface area contributed by atoms with E-state index in [2.05, 4.69) is 72.7 Å². The van der Waals surface area contributed by atoms with Crippen molar-refractivity contribution in [2.24, 2.45) is 4.99 Å². The second kappa shape index (κ2) is 11.1. The molecule has 0 bridgehead atoms. The molecule has 3 rings (SSSR count). The van der Waals surface area contributed by atoms with Crippen molar-refractivity contribution in [2.75, 3.05) is 45.3 Å². The Morgan fingerprint density at radius 2 is 1.72 bits per heavy atom. The monoisotopic (exact) mass is 438 g/mol. The summed E-state index contributed by atoms with van der Waals surface area (Å²) in [4.78, 5) is 7.40. The molecule has 1 aliphatic heterocycles. The summed E-state index contributed by atoms with van der Waals surface area (Å²) in [6.45, 7) is 10.1. The lowest BCUT2D eigenvalue weighted by molar-refractivity contribution is 0.353. The van der Waals surface area contributed by atoms with Gasteiger partial charge in [-0.15, -0.1) is 0 Å². The van der Waals surface area contributed by atoms with Crippen molar-refractivity contribution < 1.29 is 9.47 Å². The third-order valence-corrected chi connectivity index (χ3v) is 6.10. The van der Waals surface area contributed by atoms with Crippen LogP contribution in [0.5, 0.6) is 11.5 Å². The van der Waals surface area contributed by atoms with Crippen molar-refractivity contribution in [1.29, 1.82) is 0 Å². The summed E-state index contributed by atoms with van der Waals surface area (Å²) < 4.78 is 10.9. The predicted octanol–water partition coefficient (Wildman–Crippen LogP) is 4.21. The van der Waals surface area contributed by atoms with Gasteiger partial charge in [0.1, 0.15) is 0 Å². The van der Waals surface area contributed by atoms with Gasteiger partial charge in [-0.1, -0.05) is 38.1 Å². The lowest BCUT2D eigenvalue weighted by Gasteiger charge is -2.34. The highest BCUT2D eigenvalue weighted by Crippen LogP contribution is 2.33. The molecule has 0 saturated carbocycles. The van der Waals surface area contributed by atoms with Crippen LogP contribution in [0, 0.1) is 0 Å². The first kappa shape index (κ1) is 23.8. The summed E-state index contributed by atoms with van der Waals surface area (Å²) in [7, 11) is 3.33. The smallest absolute Gasteiger partial charge is 0.191 e. The van der Waals surface area contributed by atoms with E-state index in [1.807, 2.05) is 12.1 Å². The molecule has 2 aromatic carbocycles. The first-order valence-corrected chi connectivity index (χ1v) is 11.5. The van der Waals surface area contributed by atoms with Crippen LogP contribution in [0.2, 0.25) is 0 Å². The zero-order chi connectivity index (χ0) is 23.0. The molecule has 174 valence electrons. The van der Waals surface area contributed by atoms with Gasteiger partial charge in [0.25, 0.3) is 0 Å². The molecule has 0 aromatic heterocycles. The number of methoxy groups -OCH3 is 2. The van der Waals surface area contributed by atoms with Crippen LogP contribution in [0.3, 0.4) is 0 Å². The quantitative estimate of drug-likeness (QED) is 0.478. The summed E-state index contributed by atoms with van der Waals surface area (Å²) in [5.74, 6) is 2.38. The molecule has 0 unspecified atom stereocenters. The van der Waals surface area contributed by atoms with E-state index in [-0.39, 0.29) is 5.41 Å². The molecule has 2 aromatic rings. The minimum Gasteiger partial charge on any atom is -0.493 e. The van der Waals surface area contributed by atoms with Crippen LogP contribution in [0.25, 0.3) is 0 Å². The van der Waals surface area contributed by atoms with E-state index >= 15 is 0 Å². The number of hydrogen-bond acceptors (Lipinski definition) is 4. The van der Waals surface area contributed by atoms with E-state index in [1.54, 1.807) is 14.2 Å². The maximum atomic E-state index is 5.49. The first-order valence-electron chi connectivity index (χ1n) is 11.5. The third-order valence-electron chi connectivity index (χ3n) is 6.10. The second-order valence-corrected chi connectivity index (χ2v) is 8.89. The summed E-state index contributed by atoms with van der Waals surface area (Å²) >= 11 is 0. The van der Waals surface area contributed by atoms with Crippen LogP contribution >= 0.6 is 0 Å². The highest BCUT2D eigenvalue weighted by atomic mass is 16.5. The molecule has 1 aliphatic rings. The van der Waals surface area contributed by atoms with E-state index in [0.29, 0.717) is 12.6 Å². The fraction of sp³-hybridized carbons (Fsp3) is 0.500. The maximum absolute atomic E-state index is 5.49. The Bertz CT molecular complexity index is 875. The van der Waals surface area contributed by atoms with Crippen LogP contribution in [-0.4, -0.2) is 52.4 Å². The molecule has 0 spiro atoms. The first-order chi connectivity index (χ1) is 15.5. The van der Waals surface area contributed by atoms with Gasteiger partial charge in [-0.2, -0.15) is 0 Å². The van der Waals surface area contributed by atoms with Crippen LogP contribution < -0.4 is 25.0 Å². The van der Waals surface area contributed by atoms with Gasteiger partial charge >= 0.3 is 0 Å².